The molecule has 1 aromatic heterocycles. The monoisotopic (exact) mass is 382 g/mol. The van der Waals surface area contributed by atoms with E-state index < -0.39 is 0 Å². The highest BCUT2D eigenvalue weighted by atomic mass is 16.5. The minimum absolute atomic E-state index is 0.355. The Morgan fingerprint density at radius 2 is 1.93 bits per heavy atom. The van der Waals surface area contributed by atoms with Crippen molar-refractivity contribution in [1.29, 1.82) is 0 Å². The van der Waals surface area contributed by atoms with Gasteiger partial charge in [0, 0.05) is 26.2 Å². The fourth-order valence-electron chi connectivity index (χ4n) is 3.20. The van der Waals surface area contributed by atoms with Crippen LogP contribution in [0.15, 0.2) is 42.5 Å². The summed E-state index contributed by atoms with van der Waals surface area (Å²) in [6.07, 6.45) is 4.34. The zero-order chi connectivity index (χ0) is 20.0. The standard InChI is InChI=1S/C23H34N4O/c1-4-23(24,14-18-8-6-5-7-9-18)17-28-16-20-12-21(25-15-19-10-11-19)26-22(13-20)27(2)3/h5-9,12-13,19H,4,10-11,14-17,24H2,1-3H3,(H,25,26). The molecule has 0 aliphatic heterocycles. The van der Waals surface area contributed by atoms with Crippen LogP contribution < -0.4 is 16.0 Å². The van der Waals surface area contributed by atoms with Crippen molar-refractivity contribution in [3.05, 3.63) is 53.6 Å². The first-order valence-electron chi connectivity index (χ1n) is 10.3. The molecule has 3 N–H and O–H groups in total. The lowest BCUT2D eigenvalue weighted by molar-refractivity contribution is 0.0711. The second kappa shape index (κ2) is 9.39. The van der Waals surface area contributed by atoms with Gasteiger partial charge in [0.05, 0.1) is 13.2 Å². The normalized spacial score (nSPS) is 15.9. The van der Waals surface area contributed by atoms with Gasteiger partial charge in [0.15, 0.2) is 0 Å². The molecule has 1 aliphatic rings. The van der Waals surface area contributed by atoms with Crippen molar-refractivity contribution in [2.45, 2.75) is 44.8 Å². The fraction of sp³-hybridized carbons (Fsp3) is 0.522. The molecule has 0 radical (unpaired) electrons. The maximum atomic E-state index is 6.63. The van der Waals surface area contributed by atoms with Gasteiger partial charge in [-0.05, 0) is 54.9 Å². The first-order valence-corrected chi connectivity index (χ1v) is 10.3. The van der Waals surface area contributed by atoms with Gasteiger partial charge in [-0.3, -0.25) is 0 Å². The number of nitrogens with two attached hydrogens (primary N) is 1. The fourth-order valence-corrected chi connectivity index (χ4v) is 3.20. The van der Waals surface area contributed by atoms with E-state index in [0.717, 1.165) is 42.5 Å². The number of nitrogens with one attached hydrogen (secondary N) is 1. The average molecular weight is 383 g/mol. The minimum Gasteiger partial charge on any atom is -0.375 e. The van der Waals surface area contributed by atoms with E-state index in [0.29, 0.717) is 13.2 Å². The van der Waals surface area contributed by atoms with E-state index in [-0.39, 0.29) is 5.54 Å². The summed E-state index contributed by atoms with van der Waals surface area (Å²) in [5.41, 5.74) is 8.65. The summed E-state index contributed by atoms with van der Waals surface area (Å²) in [6, 6.07) is 14.6. The van der Waals surface area contributed by atoms with Gasteiger partial charge >= 0.3 is 0 Å². The van der Waals surface area contributed by atoms with Gasteiger partial charge in [0.25, 0.3) is 0 Å². The van der Waals surface area contributed by atoms with Crippen LogP contribution in [0.5, 0.6) is 0 Å². The Bertz CT molecular complexity index is 746. The van der Waals surface area contributed by atoms with Gasteiger partial charge in [-0.2, -0.15) is 0 Å². The predicted molar refractivity (Wildman–Crippen MR) is 117 cm³/mol. The molecule has 152 valence electrons. The first-order chi connectivity index (χ1) is 13.5. The largest absolute Gasteiger partial charge is 0.375 e. The molecule has 2 aromatic rings. The summed E-state index contributed by atoms with van der Waals surface area (Å²) in [5.74, 6) is 2.68. The lowest BCUT2D eigenvalue weighted by atomic mass is 9.90. The molecule has 5 nitrogen and oxygen atoms in total. The predicted octanol–water partition coefficient (Wildman–Crippen LogP) is 3.84. The molecule has 1 aliphatic carbocycles. The molecular formula is C23H34N4O. The Balaban J connectivity index is 1.60. The number of nitrogens with zero attached hydrogens (tertiary/aromatic N) is 2. The van der Waals surface area contributed by atoms with Crippen LogP contribution in [-0.4, -0.2) is 37.8 Å². The number of pyridine rings is 1. The van der Waals surface area contributed by atoms with E-state index in [4.69, 9.17) is 15.5 Å². The van der Waals surface area contributed by atoms with Crippen molar-refractivity contribution >= 4 is 11.6 Å². The second-order valence-electron chi connectivity index (χ2n) is 8.31. The van der Waals surface area contributed by atoms with Crippen molar-refractivity contribution in [3.8, 4) is 0 Å². The van der Waals surface area contributed by atoms with Crippen LogP contribution in [0.2, 0.25) is 0 Å². The maximum Gasteiger partial charge on any atom is 0.130 e. The van der Waals surface area contributed by atoms with Crippen LogP contribution in [-0.2, 0) is 17.8 Å². The molecule has 1 aromatic carbocycles. The van der Waals surface area contributed by atoms with Crippen LogP contribution in [0.1, 0.15) is 37.3 Å². The van der Waals surface area contributed by atoms with Crippen LogP contribution in [0.25, 0.3) is 0 Å². The van der Waals surface area contributed by atoms with Crippen molar-refractivity contribution in [2.75, 3.05) is 37.5 Å². The van der Waals surface area contributed by atoms with Gasteiger partial charge in [-0.15, -0.1) is 0 Å². The molecule has 1 saturated carbocycles. The Morgan fingerprint density at radius 3 is 2.57 bits per heavy atom. The summed E-state index contributed by atoms with van der Waals surface area (Å²) in [6.45, 7) is 4.20. The lowest BCUT2D eigenvalue weighted by Gasteiger charge is -2.28. The number of ether oxygens (including phenoxy) is 1. The van der Waals surface area contributed by atoms with Gasteiger partial charge in [0.2, 0.25) is 0 Å². The minimum atomic E-state index is -0.355. The molecule has 28 heavy (non-hydrogen) atoms. The van der Waals surface area contributed by atoms with E-state index >= 15 is 0 Å². The Labute approximate surface area is 169 Å². The summed E-state index contributed by atoms with van der Waals surface area (Å²) >= 11 is 0. The van der Waals surface area contributed by atoms with E-state index in [1.165, 1.54) is 18.4 Å². The van der Waals surface area contributed by atoms with Gasteiger partial charge in [0.1, 0.15) is 11.6 Å². The van der Waals surface area contributed by atoms with Gasteiger partial charge in [-0.1, -0.05) is 37.3 Å². The molecule has 0 spiro atoms. The second-order valence-corrected chi connectivity index (χ2v) is 8.31. The summed E-state index contributed by atoms with van der Waals surface area (Å²) < 4.78 is 6.08. The van der Waals surface area contributed by atoms with E-state index in [1.807, 2.05) is 25.1 Å². The molecule has 0 amide bonds. The molecule has 3 rings (SSSR count). The summed E-state index contributed by atoms with van der Waals surface area (Å²) in [4.78, 5) is 6.72. The summed E-state index contributed by atoms with van der Waals surface area (Å²) in [7, 11) is 4.03. The quantitative estimate of drug-likeness (QED) is 0.618. The Kier molecular flexibility index (Phi) is 6.92. The smallest absolute Gasteiger partial charge is 0.130 e. The topological polar surface area (TPSA) is 63.4 Å². The number of hydrogen-bond donors (Lipinski definition) is 2. The highest BCUT2D eigenvalue weighted by Gasteiger charge is 2.24. The van der Waals surface area contributed by atoms with Crippen molar-refractivity contribution < 1.29 is 4.74 Å². The molecular weight excluding hydrogens is 348 g/mol. The third-order valence-corrected chi connectivity index (χ3v) is 5.36. The number of aromatic nitrogens is 1. The maximum absolute atomic E-state index is 6.63. The van der Waals surface area contributed by atoms with Crippen molar-refractivity contribution in [3.63, 3.8) is 0 Å². The zero-order valence-electron chi connectivity index (χ0n) is 17.4. The molecule has 0 saturated heterocycles. The van der Waals surface area contributed by atoms with Crippen LogP contribution in [0.3, 0.4) is 0 Å². The molecule has 1 fully saturated rings. The average Bonchev–Trinajstić information content (AvgIpc) is 3.51. The number of anilines is 2. The Morgan fingerprint density at radius 1 is 1.18 bits per heavy atom. The van der Waals surface area contributed by atoms with Crippen LogP contribution >= 0.6 is 0 Å². The third-order valence-electron chi connectivity index (χ3n) is 5.36. The molecule has 1 heterocycles. The molecule has 1 atom stereocenters. The first kappa shape index (κ1) is 20.6. The number of hydrogen-bond acceptors (Lipinski definition) is 5. The zero-order valence-corrected chi connectivity index (χ0v) is 17.4. The Hall–Kier alpha value is -2.11. The van der Waals surface area contributed by atoms with Crippen LogP contribution in [0.4, 0.5) is 11.6 Å². The lowest BCUT2D eigenvalue weighted by Crippen LogP contribution is -2.46. The number of benzene rings is 1. The van der Waals surface area contributed by atoms with Gasteiger partial charge < -0.3 is 20.7 Å². The number of rotatable bonds is 11. The molecule has 1 unspecified atom stereocenters. The third kappa shape index (κ3) is 6.21. The molecule has 0 bridgehead atoms. The highest BCUT2D eigenvalue weighted by molar-refractivity contribution is 5.49. The SMILES string of the molecule is CCC(N)(COCc1cc(NCC2CC2)nc(N(C)C)c1)Cc1ccccc1. The molecule has 5 heteroatoms. The van der Waals surface area contributed by atoms with Crippen molar-refractivity contribution in [2.24, 2.45) is 11.7 Å². The van der Waals surface area contributed by atoms with Gasteiger partial charge in [-0.25, -0.2) is 4.98 Å². The van der Waals surface area contributed by atoms with Crippen LogP contribution in [0, 0.1) is 5.92 Å². The van der Waals surface area contributed by atoms with Crippen molar-refractivity contribution in [1.82, 2.24) is 4.98 Å². The highest BCUT2D eigenvalue weighted by Crippen LogP contribution is 2.29. The van der Waals surface area contributed by atoms with E-state index in [2.05, 4.69) is 48.6 Å². The summed E-state index contributed by atoms with van der Waals surface area (Å²) in [5, 5.41) is 3.47. The van der Waals surface area contributed by atoms with E-state index in [1.54, 1.807) is 0 Å². The van der Waals surface area contributed by atoms with E-state index in [9.17, 15) is 0 Å².